The molecule has 0 atom stereocenters. The van der Waals surface area contributed by atoms with Crippen LogP contribution >= 0.6 is 15.9 Å². The number of pyridine rings is 1. The van der Waals surface area contributed by atoms with Crippen LogP contribution in [-0.4, -0.2) is 42.6 Å². The van der Waals surface area contributed by atoms with Gasteiger partial charge in [0, 0.05) is 30.3 Å². The summed E-state index contributed by atoms with van der Waals surface area (Å²) in [7, 11) is 0. The van der Waals surface area contributed by atoms with E-state index in [-0.39, 0.29) is 0 Å². The van der Waals surface area contributed by atoms with E-state index in [0.717, 1.165) is 29.3 Å². The van der Waals surface area contributed by atoms with E-state index < -0.39 is 0 Å². The lowest BCUT2D eigenvalue weighted by molar-refractivity contribution is 0.249. The number of anilines is 1. The van der Waals surface area contributed by atoms with Crippen LogP contribution in [0.1, 0.15) is 31.2 Å². The first-order valence-electron chi connectivity index (χ1n) is 7.82. The fourth-order valence-corrected chi connectivity index (χ4v) is 3.59. The van der Waals surface area contributed by atoms with Gasteiger partial charge in [0.05, 0.1) is 0 Å². The van der Waals surface area contributed by atoms with Gasteiger partial charge in [-0.05, 0) is 79.2 Å². The molecule has 2 aliphatic heterocycles. The molecule has 2 saturated heterocycles. The van der Waals surface area contributed by atoms with Gasteiger partial charge in [-0.2, -0.15) is 0 Å². The predicted molar refractivity (Wildman–Crippen MR) is 87.3 cm³/mol. The Balaban J connectivity index is 1.53. The molecule has 20 heavy (non-hydrogen) atoms. The normalized spacial score (nSPS) is 21.6. The third-order valence-corrected chi connectivity index (χ3v) is 5.52. The zero-order valence-corrected chi connectivity index (χ0v) is 13.9. The van der Waals surface area contributed by atoms with Gasteiger partial charge in [-0.3, -0.25) is 0 Å². The molecule has 3 heterocycles. The molecule has 0 N–H and O–H groups in total. The Morgan fingerprint density at radius 3 is 2.55 bits per heavy atom. The van der Waals surface area contributed by atoms with Crippen molar-refractivity contribution < 1.29 is 0 Å². The van der Waals surface area contributed by atoms with Gasteiger partial charge in [-0.15, -0.1) is 0 Å². The average Bonchev–Trinajstić information content (AvgIpc) is 2.96. The van der Waals surface area contributed by atoms with Gasteiger partial charge < -0.3 is 9.80 Å². The van der Waals surface area contributed by atoms with Crippen molar-refractivity contribution in [3.8, 4) is 0 Å². The predicted octanol–water partition coefficient (Wildman–Crippen LogP) is 3.46. The van der Waals surface area contributed by atoms with Crippen molar-refractivity contribution in [2.45, 2.75) is 32.6 Å². The molecule has 0 saturated carbocycles. The maximum Gasteiger partial charge on any atom is 0.128 e. The van der Waals surface area contributed by atoms with E-state index in [1.807, 2.05) is 6.20 Å². The average molecular weight is 338 g/mol. The van der Waals surface area contributed by atoms with E-state index in [4.69, 9.17) is 0 Å². The molecule has 2 aliphatic rings. The number of piperidine rings is 1. The molecule has 4 heteroatoms. The second-order valence-corrected chi connectivity index (χ2v) is 7.08. The van der Waals surface area contributed by atoms with Gasteiger partial charge in [0.1, 0.15) is 5.82 Å². The zero-order valence-electron chi connectivity index (χ0n) is 12.3. The molecule has 0 radical (unpaired) electrons. The van der Waals surface area contributed by atoms with Crippen LogP contribution in [0.3, 0.4) is 0 Å². The van der Waals surface area contributed by atoms with Gasteiger partial charge in [0.15, 0.2) is 0 Å². The lowest BCUT2D eigenvalue weighted by Gasteiger charge is -2.34. The fraction of sp³-hybridized carbons (Fsp3) is 0.688. The van der Waals surface area contributed by atoms with Crippen LogP contribution in [0, 0.1) is 12.8 Å². The molecule has 0 amide bonds. The van der Waals surface area contributed by atoms with Crippen molar-refractivity contribution in [1.82, 2.24) is 9.88 Å². The lowest BCUT2D eigenvalue weighted by Crippen LogP contribution is -2.38. The first-order valence-corrected chi connectivity index (χ1v) is 8.61. The molecular formula is C16H24BrN3. The minimum atomic E-state index is 0.890. The standard InChI is InChI=1S/C16H24BrN3/c1-13-10-16(18-11-15(13)17)20-8-4-14(5-9-20)12-19-6-2-3-7-19/h10-11,14H,2-9,12H2,1H3. The number of hydrogen-bond donors (Lipinski definition) is 0. The second kappa shape index (κ2) is 6.44. The molecule has 1 aromatic rings. The molecule has 0 unspecified atom stereocenters. The highest BCUT2D eigenvalue weighted by molar-refractivity contribution is 9.10. The first kappa shape index (κ1) is 14.3. The summed E-state index contributed by atoms with van der Waals surface area (Å²) in [6, 6.07) is 2.20. The summed E-state index contributed by atoms with van der Waals surface area (Å²) in [5.41, 5.74) is 1.27. The highest BCUT2D eigenvalue weighted by atomic mass is 79.9. The van der Waals surface area contributed by atoms with E-state index in [1.165, 1.54) is 50.9 Å². The highest BCUT2D eigenvalue weighted by Crippen LogP contribution is 2.26. The van der Waals surface area contributed by atoms with Gasteiger partial charge in [0.2, 0.25) is 0 Å². The van der Waals surface area contributed by atoms with Crippen molar-refractivity contribution >= 4 is 21.7 Å². The third kappa shape index (κ3) is 3.34. The van der Waals surface area contributed by atoms with E-state index in [9.17, 15) is 0 Å². The maximum absolute atomic E-state index is 4.56. The van der Waals surface area contributed by atoms with E-state index >= 15 is 0 Å². The Hall–Kier alpha value is -0.610. The van der Waals surface area contributed by atoms with E-state index in [2.05, 4.69) is 43.7 Å². The number of likely N-dealkylation sites (tertiary alicyclic amines) is 1. The summed E-state index contributed by atoms with van der Waals surface area (Å²) in [5, 5.41) is 0. The molecular weight excluding hydrogens is 314 g/mol. The lowest BCUT2D eigenvalue weighted by atomic mass is 9.96. The molecule has 0 aliphatic carbocycles. The van der Waals surface area contributed by atoms with Crippen LogP contribution in [0.2, 0.25) is 0 Å². The fourth-order valence-electron chi connectivity index (χ4n) is 3.37. The minimum Gasteiger partial charge on any atom is -0.357 e. The summed E-state index contributed by atoms with van der Waals surface area (Å²) >= 11 is 3.53. The monoisotopic (exact) mass is 337 g/mol. The Bertz CT molecular complexity index is 449. The molecule has 3 nitrogen and oxygen atoms in total. The summed E-state index contributed by atoms with van der Waals surface area (Å²) in [5.74, 6) is 2.03. The third-order valence-electron chi connectivity index (χ3n) is 4.69. The SMILES string of the molecule is Cc1cc(N2CCC(CN3CCCC3)CC2)ncc1Br. The van der Waals surface area contributed by atoms with Crippen molar-refractivity contribution in [2.75, 3.05) is 37.6 Å². The van der Waals surface area contributed by atoms with Crippen LogP contribution in [-0.2, 0) is 0 Å². The van der Waals surface area contributed by atoms with Crippen molar-refractivity contribution in [3.63, 3.8) is 0 Å². The summed E-state index contributed by atoms with van der Waals surface area (Å²) in [6.07, 6.45) is 7.36. The number of hydrogen-bond acceptors (Lipinski definition) is 3. The Morgan fingerprint density at radius 1 is 1.20 bits per heavy atom. The second-order valence-electron chi connectivity index (χ2n) is 6.23. The Kier molecular flexibility index (Phi) is 4.61. The van der Waals surface area contributed by atoms with Crippen molar-refractivity contribution in [2.24, 2.45) is 5.92 Å². The number of aryl methyl sites for hydroxylation is 1. The molecule has 0 aromatic carbocycles. The summed E-state index contributed by atoms with van der Waals surface area (Å²) in [4.78, 5) is 9.66. The molecule has 110 valence electrons. The Morgan fingerprint density at radius 2 is 1.90 bits per heavy atom. The van der Waals surface area contributed by atoms with Crippen molar-refractivity contribution in [3.05, 3.63) is 22.3 Å². The van der Waals surface area contributed by atoms with Gasteiger partial charge in [-0.1, -0.05) is 0 Å². The van der Waals surface area contributed by atoms with E-state index in [0.29, 0.717) is 0 Å². The van der Waals surface area contributed by atoms with Crippen LogP contribution in [0.5, 0.6) is 0 Å². The molecule has 0 bridgehead atoms. The Labute approximate surface area is 130 Å². The number of nitrogens with zero attached hydrogens (tertiary/aromatic N) is 3. The van der Waals surface area contributed by atoms with Gasteiger partial charge >= 0.3 is 0 Å². The van der Waals surface area contributed by atoms with Crippen LogP contribution < -0.4 is 4.90 Å². The summed E-state index contributed by atoms with van der Waals surface area (Å²) < 4.78 is 1.10. The summed E-state index contributed by atoms with van der Waals surface area (Å²) in [6.45, 7) is 8.43. The van der Waals surface area contributed by atoms with E-state index in [1.54, 1.807) is 0 Å². The number of halogens is 1. The number of rotatable bonds is 3. The molecule has 2 fully saturated rings. The van der Waals surface area contributed by atoms with Crippen LogP contribution in [0.15, 0.2) is 16.7 Å². The van der Waals surface area contributed by atoms with Crippen LogP contribution in [0.4, 0.5) is 5.82 Å². The molecule has 1 aromatic heterocycles. The van der Waals surface area contributed by atoms with Crippen LogP contribution in [0.25, 0.3) is 0 Å². The molecule has 3 rings (SSSR count). The van der Waals surface area contributed by atoms with Gasteiger partial charge in [-0.25, -0.2) is 4.98 Å². The maximum atomic E-state index is 4.56. The zero-order chi connectivity index (χ0) is 13.9. The smallest absolute Gasteiger partial charge is 0.128 e. The largest absolute Gasteiger partial charge is 0.357 e. The quantitative estimate of drug-likeness (QED) is 0.841. The highest BCUT2D eigenvalue weighted by Gasteiger charge is 2.23. The topological polar surface area (TPSA) is 19.4 Å². The van der Waals surface area contributed by atoms with Crippen molar-refractivity contribution in [1.29, 1.82) is 0 Å². The van der Waals surface area contributed by atoms with Gasteiger partial charge in [0.25, 0.3) is 0 Å². The minimum absolute atomic E-state index is 0.890. The molecule has 0 spiro atoms. The number of aromatic nitrogens is 1. The first-order chi connectivity index (χ1) is 9.72.